The highest BCUT2D eigenvalue weighted by molar-refractivity contribution is 6.19. The van der Waals surface area contributed by atoms with E-state index in [1.165, 1.54) is 0 Å². The maximum absolute atomic E-state index is 13.1. The van der Waals surface area contributed by atoms with E-state index in [9.17, 15) is 4.79 Å². The van der Waals surface area contributed by atoms with Gasteiger partial charge in [-0.05, 0) is 25.1 Å². The van der Waals surface area contributed by atoms with E-state index in [0.29, 0.717) is 11.4 Å². The molecular formula is C27H23N7O2. The Kier molecular flexibility index (Phi) is 5.31. The maximum Gasteiger partial charge on any atom is 0.304 e. The van der Waals surface area contributed by atoms with Gasteiger partial charge in [-0.3, -0.25) is 10.2 Å². The number of amidine groups is 1. The number of carbonyl (C=O) groups excluding carboxylic acids is 1. The van der Waals surface area contributed by atoms with Gasteiger partial charge in [0, 0.05) is 17.3 Å². The lowest BCUT2D eigenvalue weighted by Crippen LogP contribution is -2.39. The van der Waals surface area contributed by atoms with E-state index in [1.54, 1.807) is 10.9 Å². The Hall–Kier alpha value is -4.76. The number of rotatable bonds is 4. The van der Waals surface area contributed by atoms with Crippen molar-refractivity contribution >= 4 is 23.3 Å². The van der Waals surface area contributed by atoms with E-state index in [0.717, 1.165) is 22.4 Å². The van der Waals surface area contributed by atoms with Crippen molar-refractivity contribution in [2.45, 2.75) is 18.8 Å². The molecule has 3 aromatic carbocycles. The van der Waals surface area contributed by atoms with Crippen molar-refractivity contribution in [1.29, 1.82) is 0 Å². The number of nitrogens with one attached hydrogen (secondary N) is 3. The molecule has 0 spiro atoms. The van der Waals surface area contributed by atoms with E-state index < -0.39 is 11.9 Å². The molecule has 2 aliphatic heterocycles. The summed E-state index contributed by atoms with van der Waals surface area (Å²) in [5, 5.41) is 7.39. The quantitative estimate of drug-likeness (QED) is 0.418. The Labute approximate surface area is 207 Å². The fraction of sp³-hybridized carbons (Fsp3) is 0.111. The van der Waals surface area contributed by atoms with Gasteiger partial charge in [-0.1, -0.05) is 66.7 Å². The molecule has 1 amide bonds. The topological polar surface area (TPSA) is 105 Å². The van der Waals surface area contributed by atoms with Crippen LogP contribution in [0.15, 0.2) is 107 Å². The second-order valence-corrected chi connectivity index (χ2v) is 8.58. The number of ether oxygens (including phenoxy) is 1. The lowest BCUT2D eigenvalue weighted by Gasteiger charge is -2.19. The number of hydrogen-bond donors (Lipinski definition) is 3. The monoisotopic (exact) mass is 477 g/mol. The second-order valence-electron chi connectivity index (χ2n) is 8.58. The summed E-state index contributed by atoms with van der Waals surface area (Å²) in [6.07, 6.45) is 2.56. The van der Waals surface area contributed by atoms with Crippen molar-refractivity contribution in [3.05, 3.63) is 114 Å². The van der Waals surface area contributed by atoms with Crippen molar-refractivity contribution < 1.29 is 9.53 Å². The molecule has 2 atom stereocenters. The summed E-state index contributed by atoms with van der Waals surface area (Å²) in [6.45, 7) is 1.86. The highest BCUT2D eigenvalue weighted by atomic mass is 16.6. The second kappa shape index (κ2) is 8.79. The smallest absolute Gasteiger partial charge is 0.304 e. The van der Waals surface area contributed by atoms with Crippen LogP contribution >= 0.6 is 0 Å². The first-order valence-electron chi connectivity index (χ1n) is 11.5. The first kappa shape index (κ1) is 21.8. The fourth-order valence-corrected chi connectivity index (χ4v) is 4.17. The molecule has 0 bridgehead atoms. The Balaban J connectivity index is 1.31. The van der Waals surface area contributed by atoms with Gasteiger partial charge in [-0.2, -0.15) is 15.5 Å². The molecule has 0 radical (unpaired) electrons. The van der Waals surface area contributed by atoms with Gasteiger partial charge in [0.1, 0.15) is 0 Å². The molecule has 9 nitrogen and oxygen atoms in total. The van der Waals surface area contributed by atoms with Crippen molar-refractivity contribution in [2.24, 2.45) is 9.98 Å². The molecule has 9 heteroatoms. The lowest BCUT2D eigenvalue weighted by molar-refractivity contribution is -0.117. The summed E-state index contributed by atoms with van der Waals surface area (Å²) < 4.78 is 7.89. The third-order valence-electron chi connectivity index (χ3n) is 6.08. The first-order chi connectivity index (χ1) is 17.6. The zero-order valence-electron chi connectivity index (χ0n) is 19.4. The van der Waals surface area contributed by atoms with Crippen molar-refractivity contribution in [1.82, 2.24) is 20.6 Å². The van der Waals surface area contributed by atoms with Gasteiger partial charge in [0.05, 0.1) is 28.8 Å². The van der Waals surface area contributed by atoms with Crippen LogP contribution in [0.1, 0.15) is 23.6 Å². The van der Waals surface area contributed by atoms with Gasteiger partial charge in [0.15, 0.2) is 0 Å². The molecule has 178 valence electrons. The average molecular weight is 478 g/mol. The van der Waals surface area contributed by atoms with Crippen molar-refractivity contribution in [2.75, 3.05) is 5.32 Å². The van der Waals surface area contributed by atoms with Crippen molar-refractivity contribution in [3.8, 4) is 5.69 Å². The maximum atomic E-state index is 13.1. The van der Waals surface area contributed by atoms with Gasteiger partial charge in [-0.15, -0.1) is 0 Å². The number of aromatic nitrogens is 2. The minimum Gasteiger partial charge on any atom is -0.437 e. The number of hydrazine groups is 1. The van der Waals surface area contributed by atoms with E-state index in [4.69, 9.17) is 9.73 Å². The molecule has 36 heavy (non-hydrogen) atoms. The zero-order chi connectivity index (χ0) is 24.5. The molecule has 6 rings (SSSR count). The van der Waals surface area contributed by atoms with E-state index in [1.807, 2.05) is 98.0 Å². The van der Waals surface area contributed by atoms with Crippen LogP contribution in [0, 0.1) is 0 Å². The highest BCUT2D eigenvalue weighted by Crippen LogP contribution is 2.27. The number of nitrogens with zero attached hydrogens (tertiary/aromatic N) is 4. The summed E-state index contributed by atoms with van der Waals surface area (Å²) in [7, 11) is 0. The van der Waals surface area contributed by atoms with Gasteiger partial charge >= 0.3 is 6.02 Å². The van der Waals surface area contributed by atoms with Gasteiger partial charge in [0.25, 0.3) is 5.91 Å². The molecule has 3 N–H and O–H groups in total. The number of aliphatic imine (C=N–C) groups is 2. The van der Waals surface area contributed by atoms with E-state index in [-0.39, 0.29) is 11.9 Å². The fourth-order valence-electron chi connectivity index (χ4n) is 4.17. The average Bonchev–Trinajstić information content (AvgIpc) is 3.53. The molecule has 1 aromatic heterocycles. The first-order valence-corrected chi connectivity index (χ1v) is 11.5. The Morgan fingerprint density at radius 1 is 0.972 bits per heavy atom. The summed E-state index contributed by atoms with van der Waals surface area (Å²) in [6, 6.07) is 27.3. The lowest BCUT2D eigenvalue weighted by atomic mass is 10.0. The molecule has 3 heterocycles. The van der Waals surface area contributed by atoms with Crippen LogP contribution in [0.5, 0.6) is 0 Å². The van der Waals surface area contributed by atoms with E-state index in [2.05, 4.69) is 26.3 Å². The van der Waals surface area contributed by atoms with Crippen LogP contribution in [0.25, 0.3) is 5.69 Å². The molecule has 0 aliphatic carbocycles. The van der Waals surface area contributed by atoms with Gasteiger partial charge in [-0.25, -0.2) is 9.67 Å². The third kappa shape index (κ3) is 4.01. The van der Waals surface area contributed by atoms with Crippen LogP contribution in [0.3, 0.4) is 0 Å². The Morgan fingerprint density at radius 3 is 2.50 bits per heavy atom. The Morgan fingerprint density at radius 2 is 1.69 bits per heavy atom. The largest absolute Gasteiger partial charge is 0.437 e. The minimum atomic E-state index is -1.05. The third-order valence-corrected chi connectivity index (χ3v) is 6.08. The molecule has 0 saturated carbocycles. The number of fused-ring (bicyclic) bond motifs is 1. The van der Waals surface area contributed by atoms with Gasteiger partial charge in [0.2, 0.25) is 11.9 Å². The number of benzene rings is 3. The predicted octanol–water partition coefficient (Wildman–Crippen LogP) is 3.34. The van der Waals surface area contributed by atoms with Crippen LogP contribution in [0.4, 0.5) is 5.69 Å². The summed E-state index contributed by atoms with van der Waals surface area (Å²) in [5.74, 6) is -0.350. The summed E-state index contributed by atoms with van der Waals surface area (Å²) in [4.78, 5) is 22.4. The highest BCUT2D eigenvalue weighted by Gasteiger charge is 2.38. The van der Waals surface area contributed by atoms with Crippen LogP contribution in [0.2, 0.25) is 0 Å². The number of carbonyl (C=O) groups is 1. The predicted molar refractivity (Wildman–Crippen MR) is 137 cm³/mol. The van der Waals surface area contributed by atoms with Gasteiger partial charge < -0.3 is 10.1 Å². The number of para-hydroxylation sites is 2. The molecule has 4 aromatic rings. The molecule has 1 saturated heterocycles. The van der Waals surface area contributed by atoms with Crippen LogP contribution in [-0.2, 0) is 15.3 Å². The zero-order valence-corrected chi connectivity index (χ0v) is 19.4. The van der Waals surface area contributed by atoms with Crippen LogP contribution in [-0.4, -0.2) is 33.6 Å². The minimum absolute atomic E-state index is 0.159. The van der Waals surface area contributed by atoms with Crippen molar-refractivity contribution in [3.63, 3.8) is 0 Å². The summed E-state index contributed by atoms with van der Waals surface area (Å²) in [5.41, 5.74) is 9.92. The molecular weight excluding hydrogens is 454 g/mol. The van der Waals surface area contributed by atoms with E-state index >= 15 is 0 Å². The number of hydrogen-bond acceptors (Lipinski definition) is 6. The normalized spacial score (nSPS) is 22.1. The summed E-state index contributed by atoms with van der Waals surface area (Å²) >= 11 is 0. The standard InChI is InChI=1S/C27H23N7O2/c1-27(19-16-28-34(17-19)20-12-6-3-7-13-20)33-32-26(36-27)31-24-25(35)29-22-15-9-8-14-21(22)23(30-24)18-10-4-2-5-11-18/h2-17,24,33H,1H3,(H,29,35)(H,31,32)/t24-,27?/m1/s1. The molecule has 2 aliphatic rings. The number of amides is 1. The number of anilines is 1. The Bertz CT molecular complexity index is 1480. The molecule has 1 fully saturated rings. The SMILES string of the molecule is CC1(c2cnn(-c3ccccc3)c2)NNC(=N[C@H]2N=C(c3ccccc3)c3ccccc3NC2=O)O1. The number of benzodiazepines with no additional fused rings is 1. The van der Waals surface area contributed by atoms with Crippen LogP contribution < -0.4 is 16.2 Å². The molecule has 1 unspecified atom stereocenters.